The fourth-order valence-electron chi connectivity index (χ4n) is 3.24. The Labute approximate surface area is 124 Å². The van der Waals surface area contributed by atoms with E-state index >= 15 is 0 Å². The molecule has 1 atom stereocenters. The first kappa shape index (κ1) is 15.5. The first-order valence-electron chi connectivity index (χ1n) is 8.23. The van der Waals surface area contributed by atoms with E-state index in [4.69, 9.17) is 0 Å². The summed E-state index contributed by atoms with van der Waals surface area (Å²) in [6.07, 6.45) is 5.35. The standard InChI is InChI=1S/C18H30N2/c1-3-12-19-15-18(2,17-10-6-4-7-11-17)16-20-13-8-5-9-14-20/h4,6-7,10-11,19H,3,5,8-9,12-16H2,1-2H3. The third-order valence-corrected chi connectivity index (χ3v) is 4.43. The smallest absolute Gasteiger partial charge is 0.0177 e. The van der Waals surface area contributed by atoms with Gasteiger partial charge in [0.15, 0.2) is 0 Å². The van der Waals surface area contributed by atoms with Gasteiger partial charge in [0.2, 0.25) is 0 Å². The Bertz CT molecular complexity index is 370. The molecule has 0 amide bonds. The summed E-state index contributed by atoms with van der Waals surface area (Å²) in [4.78, 5) is 2.66. The lowest BCUT2D eigenvalue weighted by Crippen LogP contribution is -2.47. The average molecular weight is 274 g/mol. The van der Waals surface area contributed by atoms with Crippen LogP contribution in [-0.2, 0) is 5.41 Å². The van der Waals surface area contributed by atoms with Crippen molar-refractivity contribution in [2.24, 2.45) is 0 Å². The fraction of sp³-hybridized carbons (Fsp3) is 0.667. The molecular formula is C18H30N2. The Balaban J connectivity index is 2.06. The van der Waals surface area contributed by atoms with Crippen molar-refractivity contribution < 1.29 is 0 Å². The second-order valence-corrected chi connectivity index (χ2v) is 6.44. The normalized spacial score (nSPS) is 19.7. The lowest BCUT2D eigenvalue weighted by atomic mass is 9.81. The maximum Gasteiger partial charge on any atom is 0.0177 e. The van der Waals surface area contributed by atoms with Gasteiger partial charge in [0.25, 0.3) is 0 Å². The Morgan fingerprint density at radius 3 is 2.45 bits per heavy atom. The van der Waals surface area contributed by atoms with E-state index in [9.17, 15) is 0 Å². The van der Waals surface area contributed by atoms with Gasteiger partial charge in [-0.1, -0.05) is 50.6 Å². The molecular weight excluding hydrogens is 244 g/mol. The third-order valence-electron chi connectivity index (χ3n) is 4.43. The second-order valence-electron chi connectivity index (χ2n) is 6.44. The van der Waals surface area contributed by atoms with Crippen LogP contribution in [-0.4, -0.2) is 37.6 Å². The van der Waals surface area contributed by atoms with E-state index in [-0.39, 0.29) is 5.41 Å². The van der Waals surface area contributed by atoms with Crippen LogP contribution in [0.5, 0.6) is 0 Å². The largest absolute Gasteiger partial charge is 0.316 e. The summed E-state index contributed by atoms with van der Waals surface area (Å²) in [6.45, 7) is 10.6. The Kier molecular flexibility index (Phi) is 6.06. The zero-order valence-electron chi connectivity index (χ0n) is 13.2. The van der Waals surface area contributed by atoms with Crippen molar-refractivity contribution in [2.45, 2.75) is 44.9 Å². The summed E-state index contributed by atoms with van der Waals surface area (Å²) in [5.41, 5.74) is 1.68. The number of benzene rings is 1. The van der Waals surface area contributed by atoms with Crippen LogP contribution in [0.2, 0.25) is 0 Å². The van der Waals surface area contributed by atoms with Crippen molar-refractivity contribution in [1.29, 1.82) is 0 Å². The van der Waals surface area contributed by atoms with E-state index in [0.29, 0.717) is 0 Å². The van der Waals surface area contributed by atoms with Gasteiger partial charge in [0, 0.05) is 18.5 Å². The third kappa shape index (κ3) is 4.32. The highest BCUT2D eigenvalue weighted by molar-refractivity contribution is 5.25. The van der Waals surface area contributed by atoms with Gasteiger partial charge in [-0.3, -0.25) is 0 Å². The van der Waals surface area contributed by atoms with E-state index in [1.54, 1.807) is 0 Å². The first-order valence-corrected chi connectivity index (χ1v) is 8.23. The summed E-state index contributed by atoms with van der Waals surface area (Å²) in [6, 6.07) is 11.0. The van der Waals surface area contributed by atoms with E-state index in [1.807, 2.05) is 0 Å². The molecule has 2 nitrogen and oxygen atoms in total. The first-order chi connectivity index (χ1) is 9.74. The minimum absolute atomic E-state index is 0.216. The van der Waals surface area contributed by atoms with Crippen molar-refractivity contribution >= 4 is 0 Å². The van der Waals surface area contributed by atoms with Crippen molar-refractivity contribution in [2.75, 3.05) is 32.7 Å². The number of likely N-dealkylation sites (tertiary alicyclic amines) is 1. The summed E-state index contributed by atoms with van der Waals surface area (Å²) < 4.78 is 0. The summed E-state index contributed by atoms with van der Waals surface area (Å²) in [5.74, 6) is 0. The number of nitrogens with zero attached hydrogens (tertiary/aromatic N) is 1. The highest BCUT2D eigenvalue weighted by atomic mass is 15.1. The van der Waals surface area contributed by atoms with Crippen LogP contribution in [0.1, 0.15) is 45.1 Å². The van der Waals surface area contributed by atoms with Gasteiger partial charge in [-0.2, -0.15) is 0 Å². The van der Waals surface area contributed by atoms with Gasteiger partial charge in [0.1, 0.15) is 0 Å². The zero-order chi connectivity index (χ0) is 14.3. The van der Waals surface area contributed by atoms with Gasteiger partial charge in [-0.25, -0.2) is 0 Å². The minimum Gasteiger partial charge on any atom is -0.316 e. The quantitative estimate of drug-likeness (QED) is 0.766. The molecule has 1 saturated heterocycles. The molecule has 1 N–H and O–H groups in total. The number of rotatable bonds is 7. The topological polar surface area (TPSA) is 15.3 Å². The van der Waals surface area contributed by atoms with Crippen molar-refractivity contribution in [3.05, 3.63) is 35.9 Å². The number of hydrogen-bond donors (Lipinski definition) is 1. The lowest BCUT2D eigenvalue weighted by molar-refractivity contribution is 0.180. The monoisotopic (exact) mass is 274 g/mol. The molecule has 2 rings (SSSR count). The fourth-order valence-corrected chi connectivity index (χ4v) is 3.24. The van der Waals surface area contributed by atoms with E-state index in [0.717, 1.165) is 13.1 Å². The van der Waals surface area contributed by atoms with E-state index in [2.05, 4.69) is 54.4 Å². The lowest BCUT2D eigenvalue weighted by Gasteiger charge is -2.38. The molecule has 0 bridgehead atoms. The zero-order valence-corrected chi connectivity index (χ0v) is 13.2. The molecule has 1 heterocycles. The van der Waals surface area contributed by atoms with Crippen molar-refractivity contribution in [3.63, 3.8) is 0 Å². The molecule has 0 aliphatic carbocycles. The second kappa shape index (κ2) is 7.80. The minimum atomic E-state index is 0.216. The molecule has 1 unspecified atom stereocenters. The van der Waals surface area contributed by atoms with Crippen LogP contribution in [0.25, 0.3) is 0 Å². The molecule has 1 aromatic rings. The van der Waals surface area contributed by atoms with Crippen molar-refractivity contribution in [3.8, 4) is 0 Å². The van der Waals surface area contributed by atoms with Crippen LogP contribution in [0.3, 0.4) is 0 Å². The van der Waals surface area contributed by atoms with Crippen LogP contribution in [0.15, 0.2) is 30.3 Å². The molecule has 20 heavy (non-hydrogen) atoms. The summed E-state index contributed by atoms with van der Waals surface area (Å²) >= 11 is 0. The van der Waals surface area contributed by atoms with Crippen LogP contribution >= 0.6 is 0 Å². The van der Waals surface area contributed by atoms with E-state index < -0.39 is 0 Å². The molecule has 0 aromatic heterocycles. The predicted octanol–water partition coefficient (Wildman–Crippen LogP) is 3.43. The molecule has 1 aliphatic rings. The Morgan fingerprint density at radius 1 is 1.10 bits per heavy atom. The Morgan fingerprint density at radius 2 is 1.80 bits per heavy atom. The van der Waals surface area contributed by atoms with Gasteiger partial charge in [-0.05, 0) is 44.5 Å². The van der Waals surface area contributed by atoms with E-state index in [1.165, 1.54) is 50.9 Å². The number of nitrogens with one attached hydrogen (secondary N) is 1. The molecule has 1 aromatic carbocycles. The maximum atomic E-state index is 3.64. The molecule has 0 saturated carbocycles. The van der Waals surface area contributed by atoms with Gasteiger partial charge in [0.05, 0.1) is 0 Å². The predicted molar refractivity (Wildman–Crippen MR) is 87.2 cm³/mol. The number of piperidine rings is 1. The number of hydrogen-bond acceptors (Lipinski definition) is 2. The van der Waals surface area contributed by atoms with Gasteiger partial charge < -0.3 is 10.2 Å². The van der Waals surface area contributed by atoms with Crippen LogP contribution < -0.4 is 5.32 Å². The highest BCUT2D eigenvalue weighted by Gasteiger charge is 2.29. The Hall–Kier alpha value is -0.860. The SMILES string of the molecule is CCCNCC(C)(CN1CCCCC1)c1ccccc1. The highest BCUT2D eigenvalue weighted by Crippen LogP contribution is 2.26. The van der Waals surface area contributed by atoms with Gasteiger partial charge >= 0.3 is 0 Å². The van der Waals surface area contributed by atoms with Crippen molar-refractivity contribution in [1.82, 2.24) is 10.2 Å². The van der Waals surface area contributed by atoms with Crippen LogP contribution in [0, 0.1) is 0 Å². The summed E-state index contributed by atoms with van der Waals surface area (Å²) in [7, 11) is 0. The van der Waals surface area contributed by atoms with Crippen LogP contribution in [0.4, 0.5) is 0 Å². The average Bonchev–Trinajstić information content (AvgIpc) is 2.49. The molecule has 0 spiro atoms. The molecule has 1 fully saturated rings. The summed E-state index contributed by atoms with van der Waals surface area (Å²) in [5, 5.41) is 3.64. The molecule has 0 radical (unpaired) electrons. The molecule has 2 heteroatoms. The molecule has 112 valence electrons. The van der Waals surface area contributed by atoms with Gasteiger partial charge in [-0.15, -0.1) is 0 Å². The maximum absolute atomic E-state index is 3.64. The molecule has 1 aliphatic heterocycles.